The Kier molecular flexibility index (Phi) is 6.49. The predicted molar refractivity (Wildman–Crippen MR) is 93.6 cm³/mol. The zero-order valence-electron chi connectivity index (χ0n) is 14.0. The lowest BCUT2D eigenvalue weighted by Crippen LogP contribution is -2.14. The highest BCUT2D eigenvalue weighted by Crippen LogP contribution is 2.23. The first-order valence-electron chi connectivity index (χ1n) is 8.14. The Bertz CT molecular complexity index is 679. The molecule has 5 heteroatoms. The van der Waals surface area contributed by atoms with Crippen LogP contribution in [0.2, 0.25) is 0 Å². The molecule has 0 aliphatic heterocycles. The lowest BCUT2D eigenvalue weighted by Gasteiger charge is -2.16. The second-order valence-corrected chi connectivity index (χ2v) is 5.48. The molecule has 0 aliphatic carbocycles. The molecule has 2 aromatic rings. The van der Waals surface area contributed by atoms with E-state index in [4.69, 9.17) is 9.84 Å². The van der Waals surface area contributed by atoms with Gasteiger partial charge in [0.25, 0.3) is 0 Å². The van der Waals surface area contributed by atoms with Crippen LogP contribution in [0, 0.1) is 0 Å². The summed E-state index contributed by atoms with van der Waals surface area (Å²) in [6, 6.07) is 13.7. The van der Waals surface area contributed by atoms with E-state index in [2.05, 4.69) is 24.1 Å². The minimum atomic E-state index is -0.956. The molecule has 126 valence electrons. The molecule has 5 nitrogen and oxygen atoms in total. The van der Waals surface area contributed by atoms with Crippen molar-refractivity contribution < 1.29 is 14.6 Å². The van der Waals surface area contributed by atoms with Gasteiger partial charge in [-0.3, -0.25) is 0 Å². The van der Waals surface area contributed by atoms with E-state index in [1.807, 2.05) is 24.3 Å². The average molecular weight is 326 g/mol. The van der Waals surface area contributed by atoms with Gasteiger partial charge in [0.15, 0.2) is 0 Å². The topological polar surface area (TPSA) is 71.2 Å². The third-order valence-electron chi connectivity index (χ3n) is 3.60. The van der Waals surface area contributed by atoms with Crippen LogP contribution in [0.3, 0.4) is 0 Å². The third kappa shape index (κ3) is 5.19. The van der Waals surface area contributed by atoms with Crippen LogP contribution in [0.25, 0.3) is 0 Å². The maximum absolute atomic E-state index is 10.8. The number of rotatable bonds is 8. The molecule has 0 fully saturated rings. The fourth-order valence-electron chi connectivity index (χ4n) is 2.24. The molecule has 2 aromatic carbocycles. The highest BCUT2D eigenvalue weighted by molar-refractivity contribution is 5.87. The van der Waals surface area contributed by atoms with Gasteiger partial charge in [-0.05, 0) is 61.4 Å². The molecule has 0 spiro atoms. The van der Waals surface area contributed by atoms with Gasteiger partial charge < -0.3 is 9.84 Å². The monoisotopic (exact) mass is 326 g/mol. The van der Waals surface area contributed by atoms with Crippen LogP contribution >= 0.6 is 0 Å². The maximum Gasteiger partial charge on any atom is 0.335 e. The molecule has 2 rings (SSSR count). The molecule has 1 atom stereocenters. The van der Waals surface area contributed by atoms with E-state index in [-0.39, 0.29) is 11.7 Å². The highest BCUT2D eigenvalue weighted by Gasteiger charge is 2.06. The molecule has 0 radical (unpaired) electrons. The van der Waals surface area contributed by atoms with Crippen molar-refractivity contribution in [3.63, 3.8) is 0 Å². The smallest absolute Gasteiger partial charge is 0.335 e. The second kappa shape index (κ2) is 8.82. The Labute approximate surface area is 142 Å². The summed E-state index contributed by atoms with van der Waals surface area (Å²) in [5, 5.41) is 17.1. The number of carboxylic acids is 1. The molecule has 0 bridgehead atoms. The number of hydrogen-bond acceptors (Lipinski definition) is 4. The van der Waals surface area contributed by atoms with Crippen LogP contribution in [0.5, 0.6) is 5.75 Å². The highest BCUT2D eigenvalue weighted by atomic mass is 16.5. The van der Waals surface area contributed by atoms with Crippen molar-refractivity contribution in [1.82, 2.24) is 0 Å². The van der Waals surface area contributed by atoms with Crippen molar-refractivity contribution in [3.8, 4) is 5.75 Å². The third-order valence-corrected chi connectivity index (χ3v) is 3.60. The number of nitrogens with zero attached hydrogens (tertiary/aromatic N) is 2. The first-order chi connectivity index (χ1) is 11.6. The van der Waals surface area contributed by atoms with Crippen LogP contribution in [0.4, 0.5) is 11.4 Å². The van der Waals surface area contributed by atoms with Crippen LogP contribution in [0.1, 0.15) is 43.5 Å². The lowest BCUT2D eigenvalue weighted by atomic mass is 10.1. The number of carbonyl (C=O) groups is 1. The Hall–Kier alpha value is -2.69. The van der Waals surface area contributed by atoms with Crippen molar-refractivity contribution in [2.24, 2.45) is 10.2 Å². The van der Waals surface area contributed by atoms with Crippen LogP contribution in [-0.2, 0) is 0 Å². The van der Waals surface area contributed by atoms with Gasteiger partial charge in [-0.15, -0.1) is 0 Å². The SMILES string of the molecule is CCCC(CC)Oc1ccc(N=Nc2ccc(C(=O)O)cc2)cc1. The van der Waals surface area contributed by atoms with Crippen LogP contribution in [0.15, 0.2) is 58.8 Å². The van der Waals surface area contributed by atoms with E-state index in [1.54, 1.807) is 12.1 Å². The number of carboxylic acid groups (broad SMARTS) is 1. The van der Waals surface area contributed by atoms with Gasteiger partial charge in [0.05, 0.1) is 23.0 Å². The number of ether oxygens (including phenoxy) is 1. The quantitative estimate of drug-likeness (QED) is 0.627. The Morgan fingerprint density at radius 2 is 1.54 bits per heavy atom. The van der Waals surface area contributed by atoms with E-state index in [0.29, 0.717) is 11.4 Å². The predicted octanol–water partition coefficient (Wildman–Crippen LogP) is 5.76. The molecule has 0 aromatic heterocycles. The summed E-state index contributed by atoms with van der Waals surface area (Å²) in [6.45, 7) is 4.27. The van der Waals surface area contributed by atoms with E-state index >= 15 is 0 Å². The maximum atomic E-state index is 10.8. The van der Waals surface area contributed by atoms with E-state index < -0.39 is 5.97 Å². The Morgan fingerprint density at radius 1 is 1.00 bits per heavy atom. The molecule has 24 heavy (non-hydrogen) atoms. The summed E-state index contributed by atoms with van der Waals surface area (Å²) in [5.41, 5.74) is 1.55. The first kappa shape index (κ1) is 17.7. The molecule has 0 amide bonds. The van der Waals surface area contributed by atoms with Gasteiger partial charge in [-0.1, -0.05) is 20.3 Å². The molecule has 0 saturated carbocycles. The first-order valence-corrected chi connectivity index (χ1v) is 8.14. The number of aromatic carboxylic acids is 1. The fraction of sp³-hybridized carbons (Fsp3) is 0.316. The van der Waals surface area contributed by atoms with Gasteiger partial charge in [0.2, 0.25) is 0 Å². The number of benzene rings is 2. The minimum absolute atomic E-state index is 0.230. The normalized spacial score (nSPS) is 12.2. The zero-order chi connectivity index (χ0) is 17.4. The van der Waals surface area contributed by atoms with Crippen molar-refractivity contribution in [3.05, 3.63) is 54.1 Å². The molecular weight excluding hydrogens is 304 g/mol. The van der Waals surface area contributed by atoms with Gasteiger partial charge >= 0.3 is 5.97 Å². The number of azo groups is 1. The molecule has 0 saturated heterocycles. The van der Waals surface area contributed by atoms with E-state index in [9.17, 15) is 4.79 Å². The standard InChI is InChI=1S/C19H22N2O3/c1-3-5-17(4-2)24-18-12-10-16(11-13-18)21-20-15-8-6-14(7-9-15)19(22)23/h6-13,17H,3-5H2,1-2H3,(H,22,23). The summed E-state index contributed by atoms with van der Waals surface area (Å²) in [4.78, 5) is 10.8. The summed E-state index contributed by atoms with van der Waals surface area (Å²) >= 11 is 0. The van der Waals surface area contributed by atoms with Gasteiger partial charge in [0.1, 0.15) is 5.75 Å². The lowest BCUT2D eigenvalue weighted by molar-refractivity contribution is 0.0697. The molecule has 0 aliphatic rings. The molecule has 1 unspecified atom stereocenters. The Balaban J connectivity index is 1.99. The molecule has 0 heterocycles. The van der Waals surface area contributed by atoms with Crippen molar-refractivity contribution in [2.75, 3.05) is 0 Å². The summed E-state index contributed by atoms with van der Waals surface area (Å²) in [6.07, 6.45) is 3.38. The van der Waals surface area contributed by atoms with Gasteiger partial charge in [-0.2, -0.15) is 10.2 Å². The van der Waals surface area contributed by atoms with Gasteiger partial charge in [0, 0.05) is 0 Å². The van der Waals surface area contributed by atoms with Crippen LogP contribution in [-0.4, -0.2) is 17.2 Å². The summed E-state index contributed by atoms with van der Waals surface area (Å²) in [5.74, 6) is -0.123. The summed E-state index contributed by atoms with van der Waals surface area (Å²) < 4.78 is 5.93. The van der Waals surface area contributed by atoms with Gasteiger partial charge in [-0.25, -0.2) is 4.79 Å². The fourth-order valence-corrected chi connectivity index (χ4v) is 2.24. The Morgan fingerprint density at radius 3 is 2.00 bits per heavy atom. The van der Waals surface area contributed by atoms with Crippen molar-refractivity contribution >= 4 is 17.3 Å². The molecular formula is C19H22N2O3. The number of hydrogen-bond donors (Lipinski definition) is 1. The zero-order valence-corrected chi connectivity index (χ0v) is 14.0. The van der Waals surface area contributed by atoms with Crippen molar-refractivity contribution in [2.45, 2.75) is 39.2 Å². The van der Waals surface area contributed by atoms with Crippen molar-refractivity contribution in [1.29, 1.82) is 0 Å². The van der Waals surface area contributed by atoms with E-state index in [1.165, 1.54) is 12.1 Å². The van der Waals surface area contributed by atoms with Crippen LogP contribution < -0.4 is 4.74 Å². The summed E-state index contributed by atoms with van der Waals surface area (Å²) in [7, 11) is 0. The average Bonchev–Trinajstić information content (AvgIpc) is 2.61. The largest absolute Gasteiger partial charge is 0.490 e. The second-order valence-electron chi connectivity index (χ2n) is 5.48. The van der Waals surface area contributed by atoms with E-state index in [0.717, 1.165) is 25.0 Å². The minimum Gasteiger partial charge on any atom is -0.490 e. The molecule has 1 N–H and O–H groups in total.